The first-order valence-corrected chi connectivity index (χ1v) is 11.2. The van der Waals surface area contributed by atoms with Crippen LogP contribution in [0.15, 0.2) is 24.5 Å². The quantitative estimate of drug-likeness (QED) is 0.587. The second kappa shape index (κ2) is 9.25. The smallest absolute Gasteiger partial charge is 0.246 e. The van der Waals surface area contributed by atoms with Crippen molar-refractivity contribution in [3.8, 4) is 0 Å². The summed E-state index contributed by atoms with van der Waals surface area (Å²) in [6, 6.07) is 3.76. The standard InChI is InChI=1S/C24H37N3O4/c1-22(2)13-19(27-21(29)16-31-4)24(10-9-23(3,30)12-18(22)24)8-7-20(28)26-15-17-6-5-11-25-14-17/h5-6,11,14,18-19,30H,7-10,12-13,15-16H2,1-4H3,(H,26,28)(H,27,29)/t18-,19-,23+,24+/m0/s1. The third-order valence-corrected chi connectivity index (χ3v) is 7.48. The molecule has 3 rings (SSSR count). The molecule has 7 heteroatoms. The van der Waals surface area contributed by atoms with Crippen LogP contribution in [0.25, 0.3) is 0 Å². The largest absolute Gasteiger partial charge is 0.390 e. The normalized spacial score (nSPS) is 31.6. The van der Waals surface area contributed by atoms with E-state index < -0.39 is 5.60 Å². The Morgan fingerprint density at radius 2 is 2.00 bits per heavy atom. The first-order chi connectivity index (χ1) is 14.6. The summed E-state index contributed by atoms with van der Waals surface area (Å²) in [4.78, 5) is 29.1. The Hall–Kier alpha value is -1.99. The molecule has 3 N–H and O–H groups in total. The van der Waals surface area contributed by atoms with Crippen LogP contribution in [-0.2, 0) is 20.9 Å². The van der Waals surface area contributed by atoms with Crippen LogP contribution in [0.3, 0.4) is 0 Å². The van der Waals surface area contributed by atoms with Gasteiger partial charge in [0.05, 0.1) is 5.60 Å². The number of carbonyl (C=O) groups is 2. The van der Waals surface area contributed by atoms with Crippen molar-refractivity contribution in [2.45, 2.75) is 77.5 Å². The zero-order valence-electron chi connectivity index (χ0n) is 19.2. The van der Waals surface area contributed by atoms with Crippen molar-refractivity contribution >= 4 is 11.8 Å². The van der Waals surface area contributed by atoms with Gasteiger partial charge < -0.3 is 20.5 Å². The molecule has 1 aromatic rings. The fraction of sp³-hybridized carbons (Fsp3) is 0.708. The van der Waals surface area contributed by atoms with E-state index in [1.807, 2.05) is 19.1 Å². The molecule has 1 aromatic heterocycles. The number of amides is 2. The van der Waals surface area contributed by atoms with Gasteiger partial charge in [0.25, 0.3) is 0 Å². The van der Waals surface area contributed by atoms with Crippen molar-refractivity contribution in [3.05, 3.63) is 30.1 Å². The van der Waals surface area contributed by atoms with Gasteiger partial charge in [0.1, 0.15) is 6.61 Å². The molecule has 2 aliphatic rings. The van der Waals surface area contributed by atoms with Crippen molar-refractivity contribution < 1.29 is 19.4 Å². The predicted molar refractivity (Wildman–Crippen MR) is 118 cm³/mol. The molecule has 0 radical (unpaired) electrons. The number of nitrogens with zero attached hydrogens (tertiary/aromatic N) is 1. The summed E-state index contributed by atoms with van der Waals surface area (Å²) in [7, 11) is 1.52. The van der Waals surface area contributed by atoms with E-state index in [0.29, 0.717) is 32.2 Å². The van der Waals surface area contributed by atoms with Crippen LogP contribution in [0, 0.1) is 16.7 Å². The van der Waals surface area contributed by atoms with Crippen LogP contribution in [0.4, 0.5) is 0 Å². The third-order valence-electron chi connectivity index (χ3n) is 7.48. The molecule has 0 saturated heterocycles. The molecule has 2 fully saturated rings. The maximum Gasteiger partial charge on any atom is 0.246 e. The van der Waals surface area contributed by atoms with Crippen molar-refractivity contribution in [2.24, 2.45) is 16.7 Å². The van der Waals surface area contributed by atoms with E-state index in [-0.39, 0.29) is 41.2 Å². The molecule has 2 amide bonds. The second-order valence-corrected chi connectivity index (χ2v) is 10.4. The van der Waals surface area contributed by atoms with Gasteiger partial charge >= 0.3 is 0 Å². The highest BCUT2D eigenvalue weighted by atomic mass is 16.5. The monoisotopic (exact) mass is 431 g/mol. The Labute approximate surface area is 185 Å². The number of fused-ring (bicyclic) bond motifs is 1. The van der Waals surface area contributed by atoms with Gasteiger partial charge in [0.15, 0.2) is 0 Å². The minimum Gasteiger partial charge on any atom is -0.390 e. The van der Waals surface area contributed by atoms with Crippen molar-refractivity contribution in [1.29, 1.82) is 0 Å². The van der Waals surface area contributed by atoms with Gasteiger partial charge in [0, 0.05) is 38.5 Å². The average Bonchev–Trinajstić information content (AvgIpc) is 2.91. The topological polar surface area (TPSA) is 101 Å². The molecule has 0 bridgehead atoms. The van der Waals surface area contributed by atoms with Crippen LogP contribution in [0.1, 0.15) is 64.9 Å². The summed E-state index contributed by atoms with van der Waals surface area (Å²) >= 11 is 0. The van der Waals surface area contributed by atoms with E-state index in [1.165, 1.54) is 7.11 Å². The zero-order valence-corrected chi connectivity index (χ0v) is 19.2. The third kappa shape index (κ3) is 5.44. The van der Waals surface area contributed by atoms with E-state index in [2.05, 4.69) is 29.5 Å². The van der Waals surface area contributed by atoms with Crippen molar-refractivity contribution in [1.82, 2.24) is 15.6 Å². The molecule has 2 aliphatic carbocycles. The molecule has 0 spiro atoms. The summed E-state index contributed by atoms with van der Waals surface area (Å²) in [6.07, 6.45) is 7.53. The molecule has 0 aromatic carbocycles. The van der Waals surface area contributed by atoms with Gasteiger partial charge in [0.2, 0.25) is 11.8 Å². The summed E-state index contributed by atoms with van der Waals surface area (Å²) < 4.78 is 5.02. The van der Waals surface area contributed by atoms with Crippen LogP contribution in [0.2, 0.25) is 0 Å². The second-order valence-electron chi connectivity index (χ2n) is 10.4. The summed E-state index contributed by atoms with van der Waals surface area (Å²) in [5.41, 5.74) is 0.00858. The number of aromatic nitrogens is 1. The highest BCUT2D eigenvalue weighted by Crippen LogP contribution is 2.63. The van der Waals surface area contributed by atoms with Crippen LogP contribution < -0.4 is 10.6 Å². The Kier molecular flexibility index (Phi) is 7.06. The van der Waals surface area contributed by atoms with Crippen LogP contribution >= 0.6 is 0 Å². The van der Waals surface area contributed by atoms with Crippen molar-refractivity contribution in [3.63, 3.8) is 0 Å². The molecular formula is C24H37N3O4. The lowest BCUT2D eigenvalue weighted by Gasteiger charge is -2.50. The number of nitrogens with one attached hydrogen (secondary N) is 2. The van der Waals surface area contributed by atoms with Gasteiger partial charge in [-0.05, 0) is 67.4 Å². The van der Waals surface area contributed by atoms with E-state index in [9.17, 15) is 14.7 Å². The number of aliphatic hydroxyl groups is 1. The number of carbonyl (C=O) groups excluding carboxylic acids is 2. The number of rotatable bonds is 8. The van der Waals surface area contributed by atoms with Gasteiger partial charge in [-0.2, -0.15) is 0 Å². The summed E-state index contributed by atoms with van der Waals surface area (Å²) in [5, 5.41) is 17.0. The lowest BCUT2D eigenvalue weighted by atomic mass is 9.57. The van der Waals surface area contributed by atoms with Crippen molar-refractivity contribution in [2.75, 3.05) is 13.7 Å². The molecule has 31 heavy (non-hydrogen) atoms. The molecule has 172 valence electrons. The maximum absolute atomic E-state index is 12.7. The Bertz CT molecular complexity index is 780. The summed E-state index contributed by atoms with van der Waals surface area (Å²) in [5.74, 6) is 0.102. The Morgan fingerprint density at radius 3 is 2.68 bits per heavy atom. The molecule has 1 heterocycles. The Balaban J connectivity index is 1.74. The maximum atomic E-state index is 12.7. The number of hydrogen-bond donors (Lipinski definition) is 3. The van der Waals surface area contributed by atoms with Gasteiger partial charge in [-0.15, -0.1) is 0 Å². The Morgan fingerprint density at radius 1 is 1.23 bits per heavy atom. The molecule has 2 saturated carbocycles. The van der Waals surface area contributed by atoms with Crippen LogP contribution in [-0.4, -0.2) is 47.3 Å². The van der Waals surface area contributed by atoms with E-state index in [4.69, 9.17) is 4.74 Å². The SMILES string of the molecule is COCC(=O)N[C@H]1CC(C)(C)[C@@H]2C[C@](C)(O)CC[C@@]12CCC(=O)NCc1cccnc1. The molecule has 0 unspecified atom stereocenters. The predicted octanol–water partition coefficient (Wildman–Crippen LogP) is 2.58. The lowest BCUT2D eigenvalue weighted by molar-refractivity contribution is -0.128. The first-order valence-electron chi connectivity index (χ1n) is 11.2. The number of methoxy groups -OCH3 is 1. The summed E-state index contributed by atoms with van der Waals surface area (Å²) in [6.45, 7) is 6.83. The fourth-order valence-corrected chi connectivity index (χ4v) is 5.94. The van der Waals surface area contributed by atoms with Crippen LogP contribution in [0.5, 0.6) is 0 Å². The number of pyridine rings is 1. The number of ether oxygens (including phenoxy) is 1. The van der Waals surface area contributed by atoms with Gasteiger partial charge in [-0.3, -0.25) is 14.6 Å². The minimum atomic E-state index is -0.709. The average molecular weight is 432 g/mol. The zero-order chi connectivity index (χ0) is 22.7. The molecule has 7 nitrogen and oxygen atoms in total. The highest BCUT2D eigenvalue weighted by molar-refractivity contribution is 5.78. The van der Waals surface area contributed by atoms with Gasteiger partial charge in [-0.25, -0.2) is 0 Å². The number of hydrogen-bond acceptors (Lipinski definition) is 5. The molecular weight excluding hydrogens is 394 g/mol. The van der Waals surface area contributed by atoms with E-state index >= 15 is 0 Å². The molecule has 0 aliphatic heterocycles. The lowest BCUT2D eigenvalue weighted by Crippen LogP contribution is -2.53. The highest BCUT2D eigenvalue weighted by Gasteiger charge is 2.61. The first kappa shape index (κ1) is 23.7. The van der Waals surface area contributed by atoms with E-state index in [0.717, 1.165) is 18.4 Å². The fourth-order valence-electron chi connectivity index (χ4n) is 5.94. The molecule has 4 atom stereocenters. The van der Waals surface area contributed by atoms with Gasteiger partial charge in [-0.1, -0.05) is 19.9 Å². The van der Waals surface area contributed by atoms with E-state index in [1.54, 1.807) is 12.4 Å². The minimum absolute atomic E-state index is 0.000913.